The van der Waals surface area contributed by atoms with Gasteiger partial charge in [0, 0.05) is 0 Å². The lowest BCUT2D eigenvalue weighted by atomic mass is 10.1. The largest absolute Gasteiger partial charge is 0.491 e. The van der Waals surface area contributed by atoms with Crippen molar-refractivity contribution in [3.8, 4) is 17.2 Å². The van der Waals surface area contributed by atoms with Crippen LogP contribution in [0.4, 0.5) is 0 Å². The Morgan fingerprint density at radius 1 is 0.605 bits per heavy atom. The van der Waals surface area contributed by atoms with E-state index in [-0.39, 0.29) is 40.9 Å². The Kier molecular flexibility index (Phi) is 13.2. The van der Waals surface area contributed by atoms with E-state index in [1.807, 2.05) is 13.8 Å². The number of carboxylic acid groups (broad SMARTS) is 1. The Bertz CT molecular complexity index is 1330. The number of carbonyl (C=O) groups excluding carboxylic acids is 3. The lowest BCUT2D eigenvalue weighted by Gasteiger charge is -2.10. The van der Waals surface area contributed by atoms with Crippen LogP contribution < -0.4 is 14.2 Å². The first kappa shape index (κ1) is 32.8. The predicted octanol–water partition coefficient (Wildman–Crippen LogP) is 4.82. The first-order valence-corrected chi connectivity index (χ1v) is 13.7. The number of ether oxygens (including phenoxy) is 6. The van der Waals surface area contributed by atoms with Crippen LogP contribution in [0.1, 0.15) is 51.3 Å². The average Bonchev–Trinajstić information content (AvgIpc) is 3.02. The average molecular weight is 595 g/mol. The van der Waals surface area contributed by atoms with Gasteiger partial charge in [0.05, 0.1) is 49.0 Å². The minimum atomic E-state index is -1.08. The number of esters is 3. The molecule has 3 rings (SSSR count). The van der Waals surface area contributed by atoms with Crippen LogP contribution in [0.25, 0.3) is 0 Å². The first-order chi connectivity index (χ1) is 20.8. The molecule has 0 fully saturated rings. The molecular formula is C32H34O11. The molecule has 0 aliphatic heterocycles. The van der Waals surface area contributed by atoms with Gasteiger partial charge in [-0.1, -0.05) is 13.8 Å². The summed E-state index contributed by atoms with van der Waals surface area (Å²) in [7, 11) is 0. The van der Waals surface area contributed by atoms with Crippen LogP contribution in [0, 0.1) is 5.92 Å². The van der Waals surface area contributed by atoms with E-state index >= 15 is 0 Å². The van der Waals surface area contributed by atoms with Gasteiger partial charge in [-0.2, -0.15) is 0 Å². The predicted molar refractivity (Wildman–Crippen MR) is 154 cm³/mol. The second-order valence-corrected chi connectivity index (χ2v) is 9.21. The molecule has 0 saturated heterocycles. The zero-order valence-corrected chi connectivity index (χ0v) is 24.0. The molecule has 0 radical (unpaired) electrons. The third-order valence-electron chi connectivity index (χ3n) is 6.06. The van der Waals surface area contributed by atoms with Crippen LogP contribution in [0.5, 0.6) is 17.2 Å². The molecule has 1 unspecified atom stereocenters. The normalized spacial score (nSPS) is 11.3. The summed E-state index contributed by atoms with van der Waals surface area (Å²) in [5.74, 6) is -1.60. The molecule has 228 valence electrons. The first-order valence-electron chi connectivity index (χ1n) is 13.7. The Labute approximate surface area is 249 Å². The van der Waals surface area contributed by atoms with Crippen LogP contribution >= 0.6 is 0 Å². The van der Waals surface area contributed by atoms with Gasteiger partial charge in [0.25, 0.3) is 0 Å². The Morgan fingerprint density at radius 2 is 1.02 bits per heavy atom. The molecule has 0 heterocycles. The summed E-state index contributed by atoms with van der Waals surface area (Å²) in [4.78, 5) is 47.4. The van der Waals surface area contributed by atoms with E-state index in [1.54, 1.807) is 24.3 Å². The van der Waals surface area contributed by atoms with Crippen molar-refractivity contribution in [2.45, 2.75) is 20.3 Å². The maximum Gasteiger partial charge on any atom is 0.343 e. The van der Waals surface area contributed by atoms with E-state index in [0.717, 1.165) is 6.42 Å². The van der Waals surface area contributed by atoms with Crippen molar-refractivity contribution in [2.75, 3.05) is 39.6 Å². The van der Waals surface area contributed by atoms with Gasteiger partial charge < -0.3 is 33.5 Å². The molecule has 11 heteroatoms. The van der Waals surface area contributed by atoms with E-state index in [2.05, 4.69) is 0 Å². The second-order valence-electron chi connectivity index (χ2n) is 9.21. The zero-order valence-electron chi connectivity index (χ0n) is 24.0. The molecule has 1 atom stereocenters. The Morgan fingerprint density at radius 3 is 1.51 bits per heavy atom. The van der Waals surface area contributed by atoms with Crippen molar-refractivity contribution in [1.29, 1.82) is 0 Å². The Hall–Kier alpha value is -4.74. The van der Waals surface area contributed by atoms with Crippen molar-refractivity contribution in [2.24, 2.45) is 5.92 Å². The highest BCUT2D eigenvalue weighted by atomic mass is 16.6. The molecule has 0 amide bonds. The van der Waals surface area contributed by atoms with E-state index in [0.29, 0.717) is 44.5 Å². The van der Waals surface area contributed by atoms with Crippen LogP contribution in [-0.2, 0) is 19.0 Å². The minimum Gasteiger partial charge on any atom is -0.491 e. The van der Waals surface area contributed by atoms with Crippen LogP contribution in [0.2, 0.25) is 0 Å². The third-order valence-corrected chi connectivity index (χ3v) is 6.06. The number of carboxylic acids is 1. The molecule has 0 aromatic heterocycles. The number of aromatic carboxylic acids is 1. The smallest absolute Gasteiger partial charge is 0.343 e. The monoisotopic (exact) mass is 594 g/mol. The molecule has 0 saturated carbocycles. The summed E-state index contributed by atoms with van der Waals surface area (Å²) in [5, 5.41) is 8.95. The third kappa shape index (κ3) is 11.2. The summed E-state index contributed by atoms with van der Waals surface area (Å²) in [5.41, 5.74) is 0.511. The van der Waals surface area contributed by atoms with Gasteiger partial charge in [0.2, 0.25) is 0 Å². The summed E-state index contributed by atoms with van der Waals surface area (Å²) in [6.07, 6.45) is 0.740. The minimum absolute atomic E-state index is 0.0731. The van der Waals surface area contributed by atoms with Gasteiger partial charge in [-0.15, -0.1) is 0 Å². The van der Waals surface area contributed by atoms with Gasteiger partial charge in [-0.25, -0.2) is 14.4 Å². The molecule has 43 heavy (non-hydrogen) atoms. The molecule has 3 aromatic rings. The number of rotatable bonds is 17. The standard InChI is InChI=1S/C32H34O11/c1-3-22(2)30(35)41-21-19-39-17-16-38-18-20-40-26-12-14-28(15-13-26)43-32(37)25-6-4-24(5-7-25)31(36)42-27-10-8-23(9-11-27)29(33)34/h4-15,22H,3,16-21H2,1-2H3,(H,33,34). The van der Waals surface area contributed by atoms with Crippen molar-refractivity contribution in [3.63, 3.8) is 0 Å². The fourth-order valence-corrected chi connectivity index (χ4v) is 3.39. The van der Waals surface area contributed by atoms with Crippen LogP contribution in [0.3, 0.4) is 0 Å². The van der Waals surface area contributed by atoms with Crippen molar-refractivity contribution >= 4 is 23.9 Å². The topological polar surface area (TPSA) is 144 Å². The maximum absolute atomic E-state index is 12.5. The number of hydrogen-bond acceptors (Lipinski definition) is 10. The number of benzene rings is 3. The summed E-state index contributed by atoms with van der Waals surface area (Å²) < 4.78 is 32.2. The van der Waals surface area contributed by atoms with Gasteiger partial charge in [0.15, 0.2) is 0 Å². The Balaban J connectivity index is 1.31. The van der Waals surface area contributed by atoms with Crippen molar-refractivity contribution < 1.29 is 52.7 Å². The molecule has 3 aromatic carbocycles. The summed E-state index contributed by atoms with van der Waals surface area (Å²) in [6, 6.07) is 17.7. The van der Waals surface area contributed by atoms with Gasteiger partial charge in [-0.3, -0.25) is 4.79 Å². The van der Waals surface area contributed by atoms with E-state index in [1.165, 1.54) is 48.5 Å². The van der Waals surface area contributed by atoms with Crippen molar-refractivity contribution in [3.05, 3.63) is 89.5 Å². The molecule has 11 nitrogen and oxygen atoms in total. The van der Waals surface area contributed by atoms with E-state index in [4.69, 9.17) is 33.5 Å². The van der Waals surface area contributed by atoms with E-state index in [9.17, 15) is 19.2 Å². The fraction of sp³-hybridized carbons (Fsp3) is 0.312. The van der Waals surface area contributed by atoms with Crippen LogP contribution in [0.15, 0.2) is 72.8 Å². The SMILES string of the molecule is CCC(C)C(=O)OCCOCCOCCOc1ccc(OC(=O)c2ccc(C(=O)Oc3ccc(C(=O)O)cc3)cc2)cc1. The highest BCUT2D eigenvalue weighted by Crippen LogP contribution is 2.20. The number of carbonyl (C=O) groups is 4. The molecular weight excluding hydrogens is 560 g/mol. The molecule has 0 aliphatic rings. The van der Waals surface area contributed by atoms with Gasteiger partial charge in [0.1, 0.15) is 30.5 Å². The lowest BCUT2D eigenvalue weighted by molar-refractivity contribution is -0.149. The zero-order chi connectivity index (χ0) is 31.0. The van der Waals surface area contributed by atoms with Gasteiger partial charge in [-0.05, 0) is 79.2 Å². The quantitative estimate of drug-likeness (QED) is 0.130. The number of hydrogen-bond donors (Lipinski definition) is 1. The fourth-order valence-electron chi connectivity index (χ4n) is 3.39. The van der Waals surface area contributed by atoms with E-state index < -0.39 is 17.9 Å². The highest BCUT2D eigenvalue weighted by Gasteiger charge is 2.14. The molecule has 0 spiro atoms. The van der Waals surface area contributed by atoms with Crippen LogP contribution in [-0.4, -0.2) is 68.6 Å². The second kappa shape index (κ2) is 17.3. The maximum atomic E-state index is 12.5. The van der Waals surface area contributed by atoms with Crippen molar-refractivity contribution in [1.82, 2.24) is 0 Å². The summed E-state index contributed by atoms with van der Waals surface area (Å²) in [6.45, 7) is 5.70. The molecule has 1 N–H and O–H groups in total. The lowest BCUT2D eigenvalue weighted by Crippen LogP contribution is -2.18. The molecule has 0 bridgehead atoms. The highest BCUT2D eigenvalue weighted by molar-refractivity contribution is 5.95. The molecule has 0 aliphatic carbocycles. The summed E-state index contributed by atoms with van der Waals surface area (Å²) >= 11 is 0. The van der Waals surface area contributed by atoms with Gasteiger partial charge >= 0.3 is 23.9 Å².